The summed E-state index contributed by atoms with van der Waals surface area (Å²) in [7, 11) is -9.85. The van der Waals surface area contributed by atoms with Gasteiger partial charge in [0.15, 0.2) is 16.6 Å². The number of nitrogens with two attached hydrogens (primary N) is 1. The second kappa shape index (κ2) is 10.9. The Morgan fingerprint density at radius 3 is 2.46 bits per heavy atom. The average molecular weight is 612 g/mol. The lowest BCUT2D eigenvalue weighted by molar-refractivity contribution is -0.161. The Morgan fingerprint density at radius 2 is 1.92 bits per heavy atom. The van der Waals surface area contributed by atoms with Crippen LogP contribution in [0.25, 0.3) is 0 Å². The smallest absolute Gasteiger partial charge is 0.397 e. The van der Waals surface area contributed by atoms with Crippen molar-refractivity contribution >= 4 is 60.5 Å². The fourth-order valence-electron chi connectivity index (χ4n) is 3.20. The van der Waals surface area contributed by atoms with E-state index in [1.807, 2.05) is 0 Å². The topological polar surface area (TPSA) is 284 Å². The number of hydrogen-bond acceptors (Lipinski definition) is 15. The molecule has 2 atom stereocenters. The number of anilines is 1. The number of carbonyl (C=O) groups is 3. The van der Waals surface area contributed by atoms with Crippen LogP contribution in [0.15, 0.2) is 16.7 Å². The Hall–Kier alpha value is -3.57. The molecule has 1 aliphatic heterocycles. The molecule has 1 amide bonds. The van der Waals surface area contributed by atoms with Crippen molar-refractivity contribution in [1.29, 1.82) is 0 Å². The molecule has 19 nitrogen and oxygen atoms in total. The van der Waals surface area contributed by atoms with E-state index in [2.05, 4.69) is 24.5 Å². The van der Waals surface area contributed by atoms with E-state index in [1.54, 1.807) is 0 Å². The SMILES string of the molecule is CC(C)(O/N=C(\C(=O)C[C@@H]1C(=O)N(S(=O)(=O)O)[C@@H]1Cn1ncc(COS(=O)(=O)O)n1)c1csc(N)n1)C(=O)O. The van der Waals surface area contributed by atoms with Crippen LogP contribution in [0.1, 0.15) is 31.7 Å². The zero-order valence-electron chi connectivity index (χ0n) is 19.9. The molecule has 214 valence electrons. The summed E-state index contributed by atoms with van der Waals surface area (Å²) in [5.74, 6) is -4.78. The first-order valence-corrected chi connectivity index (χ1v) is 14.1. The predicted octanol–water partition coefficient (Wildman–Crippen LogP) is -1.49. The van der Waals surface area contributed by atoms with Crippen molar-refractivity contribution in [2.24, 2.45) is 11.1 Å². The van der Waals surface area contributed by atoms with E-state index in [0.29, 0.717) is 0 Å². The monoisotopic (exact) mass is 611 g/mol. The second-order valence-electron chi connectivity index (χ2n) is 8.41. The Bertz CT molecular complexity index is 1530. The van der Waals surface area contributed by atoms with Crippen LogP contribution in [0, 0.1) is 5.92 Å². The third-order valence-electron chi connectivity index (χ3n) is 5.15. The molecule has 0 spiro atoms. The normalized spacial score (nSPS) is 18.6. The van der Waals surface area contributed by atoms with Crippen molar-refractivity contribution in [3.63, 3.8) is 0 Å². The molecular weight excluding hydrogens is 590 g/mol. The molecule has 39 heavy (non-hydrogen) atoms. The molecule has 2 aromatic heterocycles. The highest BCUT2D eigenvalue weighted by Gasteiger charge is 2.54. The molecule has 5 N–H and O–H groups in total. The summed E-state index contributed by atoms with van der Waals surface area (Å²) in [4.78, 5) is 46.9. The number of amides is 1. The number of Topliss-reactive ketones (excluding diaryl/α,β-unsaturated/α-hetero) is 1. The molecule has 0 saturated carbocycles. The molecule has 1 saturated heterocycles. The number of nitrogen functional groups attached to an aromatic ring is 1. The summed E-state index contributed by atoms with van der Waals surface area (Å²) in [5, 5.41) is 21.9. The molecule has 2 aromatic rings. The van der Waals surface area contributed by atoms with Gasteiger partial charge >= 0.3 is 26.7 Å². The standard InChI is InChI=1S/C17H21N7O12S3/c1-17(2,15(27)28)36-22-13(10-7-37-16(18)20-10)12(25)3-9-11(24(14(9)26)38(29,30)31)5-23-19-4-8(21-23)6-35-39(32,33)34/h4,7,9,11H,3,5-6H2,1-2H3,(H2,18,20)(H,27,28)(H,29,30,31)(H,32,33,34)/b22-13-/t9-,11+/m0/s1. The molecule has 3 rings (SSSR count). The number of aromatic nitrogens is 4. The summed E-state index contributed by atoms with van der Waals surface area (Å²) in [6.07, 6.45) is 0.352. The largest absolute Gasteiger partial charge is 0.478 e. The Kier molecular flexibility index (Phi) is 8.37. The molecule has 1 aliphatic rings. The third kappa shape index (κ3) is 7.30. The van der Waals surface area contributed by atoms with Crippen LogP contribution in [0.5, 0.6) is 0 Å². The zero-order chi connectivity index (χ0) is 29.3. The lowest BCUT2D eigenvalue weighted by Gasteiger charge is -2.43. The molecule has 0 aromatic carbocycles. The molecule has 0 aliphatic carbocycles. The maximum Gasteiger partial charge on any atom is 0.397 e. The maximum atomic E-state index is 13.2. The second-order valence-corrected chi connectivity index (χ2v) is 11.7. The van der Waals surface area contributed by atoms with E-state index >= 15 is 0 Å². The van der Waals surface area contributed by atoms with Crippen molar-refractivity contribution in [3.05, 3.63) is 23.0 Å². The molecule has 1 fully saturated rings. The third-order valence-corrected chi connectivity index (χ3v) is 7.19. The van der Waals surface area contributed by atoms with Crippen molar-refractivity contribution in [1.82, 2.24) is 24.3 Å². The first-order chi connectivity index (χ1) is 17.9. The van der Waals surface area contributed by atoms with Crippen LogP contribution in [-0.4, -0.2) is 90.3 Å². The summed E-state index contributed by atoms with van der Waals surface area (Å²) in [6.45, 7) is 1.14. The van der Waals surface area contributed by atoms with E-state index < -0.39 is 81.2 Å². The van der Waals surface area contributed by atoms with Crippen LogP contribution in [0.4, 0.5) is 5.13 Å². The van der Waals surface area contributed by atoms with E-state index in [-0.39, 0.29) is 20.8 Å². The summed E-state index contributed by atoms with van der Waals surface area (Å²) < 4.78 is 67.5. The minimum absolute atomic E-state index is 0.0386. The number of carboxylic acids is 1. The number of oxime groups is 1. The first kappa shape index (κ1) is 30.0. The molecule has 0 bridgehead atoms. The highest BCUT2D eigenvalue weighted by Crippen LogP contribution is 2.33. The van der Waals surface area contributed by atoms with Gasteiger partial charge in [-0.3, -0.25) is 18.7 Å². The number of aliphatic carboxylic acids is 1. The minimum Gasteiger partial charge on any atom is -0.478 e. The highest BCUT2D eigenvalue weighted by atomic mass is 32.3. The lowest BCUT2D eigenvalue weighted by atomic mass is 9.84. The van der Waals surface area contributed by atoms with Crippen molar-refractivity contribution in [3.8, 4) is 0 Å². The highest BCUT2D eigenvalue weighted by molar-refractivity contribution is 7.84. The Balaban J connectivity index is 1.85. The van der Waals surface area contributed by atoms with Gasteiger partial charge in [0.1, 0.15) is 18.0 Å². The number of hydrogen-bond donors (Lipinski definition) is 4. The predicted molar refractivity (Wildman–Crippen MR) is 128 cm³/mol. The summed E-state index contributed by atoms with van der Waals surface area (Å²) in [6, 6.07) is -1.38. The molecular formula is C17H21N7O12S3. The number of thiazole rings is 1. The first-order valence-electron chi connectivity index (χ1n) is 10.4. The number of ketones is 1. The van der Waals surface area contributed by atoms with Crippen LogP contribution in [-0.2, 0) is 57.3 Å². The van der Waals surface area contributed by atoms with Gasteiger partial charge in [-0.2, -0.15) is 31.8 Å². The van der Waals surface area contributed by atoms with Gasteiger partial charge in [0.2, 0.25) is 11.5 Å². The van der Waals surface area contributed by atoms with E-state index in [4.69, 9.17) is 15.1 Å². The van der Waals surface area contributed by atoms with Crippen molar-refractivity contribution in [2.75, 3.05) is 5.73 Å². The van der Waals surface area contributed by atoms with Gasteiger partial charge < -0.3 is 15.7 Å². The quantitative estimate of drug-likeness (QED) is 0.0868. The summed E-state index contributed by atoms with van der Waals surface area (Å²) in [5.41, 5.74) is 3.08. The van der Waals surface area contributed by atoms with Gasteiger partial charge in [0.05, 0.1) is 24.7 Å². The van der Waals surface area contributed by atoms with Crippen LogP contribution < -0.4 is 5.73 Å². The number of nitrogens with zero attached hydrogens (tertiary/aromatic N) is 6. The van der Waals surface area contributed by atoms with Crippen LogP contribution >= 0.6 is 11.3 Å². The Labute approximate surface area is 224 Å². The van der Waals surface area contributed by atoms with Crippen LogP contribution in [0.3, 0.4) is 0 Å². The van der Waals surface area contributed by atoms with Gasteiger partial charge in [0.25, 0.3) is 0 Å². The average Bonchev–Trinajstić information content (AvgIpc) is 3.43. The van der Waals surface area contributed by atoms with Gasteiger partial charge in [-0.15, -0.1) is 11.3 Å². The van der Waals surface area contributed by atoms with Gasteiger partial charge in [-0.25, -0.2) is 18.3 Å². The molecule has 0 radical (unpaired) electrons. The van der Waals surface area contributed by atoms with Gasteiger partial charge in [-0.05, 0) is 13.8 Å². The Morgan fingerprint density at radius 1 is 1.26 bits per heavy atom. The lowest BCUT2D eigenvalue weighted by Crippen LogP contribution is -2.64. The number of β-lactam (4-membered cyclic amide) rings is 1. The number of carboxylic acid groups (broad SMARTS) is 1. The van der Waals surface area contributed by atoms with E-state index in [9.17, 15) is 40.9 Å². The van der Waals surface area contributed by atoms with Crippen molar-refractivity contribution in [2.45, 2.75) is 45.1 Å². The number of rotatable bonds is 13. The molecule has 3 heterocycles. The summed E-state index contributed by atoms with van der Waals surface area (Å²) >= 11 is 0.934. The fourth-order valence-corrected chi connectivity index (χ4v) is 4.94. The molecule has 0 unspecified atom stereocenters. The molecule has 22 heteroatoms. The van der Waals surface area contributed by atoms with Crippen LogP contribution in [0.2, 0.25) is 0 Å². The van der Waals surface area contributed by atoms with E-state index in [1.165, 1.54) is 5.38 Å². The van der Waals surface area contributed by atoms with Gasteiger partial charge in [-0.1, -0.05) is 5.16 Å². The van der Waals surface area contributed by atoms with E-state index in [0.717, 1.165) is 36.2 Å². The zero-order valence-corrected chi connectivity index (χ0v) is 22.4. The fraction of sp³-hybridized carbons (Fsp3) is 0.471. The van der Waals surface area contributed by atoms with Gasteiger partial charge in [0, 0.05) is 11.8 Å². The van der Waals surface area contributed by atoms with Crippen molar-refractivity contribution < 1.29 is 54.5 Å². The number of carbonyl (C=O) groups excluding carboxylic acids is 2. The minimum atomic E-state index is -5.07. The maximum absolute atomic E-state index is 13.2.